The summed E-state index contributed by atoms with van der Waals surface area (Å²) < 4.78 is 13.0. The van der Waals surface area contributed by atoms with Gasteiger partial charge in [0.2, 0.25) is 5.79 Å². The van der Waals surface area contributed by atoms with E-state index in [-0.39, 0.29) is 5.33 Å². The molecule has 0 aromatic carbocycles. The smallest absolute Gasteiger partial charge is 0.208 e. The Morgan fingerprint density at radius 2 is 2.33 bits per heavy atom. The predicted molar refractivity (Wildman–Crippen MR) is 39.0 cm³/mol. The monoisotopic (exact) mass is 191 g/mol. The van der Waals surface area contributed by atoms with Crippen LogP contribution in [0.1, 0.15) is 0 Å². The van der Waals surface area contributed by atoms with Gasteiger partial charge in [-0.05, 0) is 18.4 Å². The van der Waals surface area contributed by atoms with Gasteiger partial charge in [-0.1, -0.05) is 22.0 Å². The molecular weight excluding hydrogens is 185 g/mol. The summed E-state index contributed by atoms with van der Waals surface area (Å²) in [6.07, 6.45) is 6.49. The van der Waals surface area contributed by atoms with Crippen LogP contribution in [-0.4, -0.2) is 11.1 Å². The molecule has 1 unspecified atom stereocenters. The average Bonchev–Trinajstić information content (AvgIpc) is 1.90. The molecule has 0 aliphatic carbocycles. The van der Waals surface area contributed by atoms with Crippen LogP contribution < -0.4 is 5.32 Å². The molecule has 1 aliphatic heterocycles. The molecule has 1 rings (SSSR count). The first-order valence-corrected chi connectivity index (χ1v) is 3.76. The Morgan fingerprint density at radius 3 is 2.67 bits per heavy atom. The van der Waals surface area contributed by atoms with E-state index in [1.807, 2.05) is 0 Å². The van der Waals surface area contributed by atoms with Crippen LogP contribution in [0, 0.1) is 0 Å². The van der Waals surface area contributed by atoms with E-state index in [1.165, 1.54) is 6.08 Å². The largest absolute Gasteiger partial charge is 0.356 e. The molecule has 3 heteroatoms. The Kier molecular flexibility index (Phi) is 1.90. The maximum Gasteiger partial charge on any atom is 0.208 e. The van der Waals surface area contributed by atoms with Crippen molar-refractivity contribution < 1.29 is 4.39 Å². The quantitative estimate of drug-likeness (QED) is 0.492. The summed E-state index contributed by atoms with van der Waals surface area (Å²) in [5.41, 5.74) is 0. The van der Waals surface area contributed by atoms with E-state index < -0.39 is 5.79 Å². The van der Waals surface area contributed by atoms with Crippen molar-refractivity contribution in [2.75, 3.05) is 5.33 Å². The van der Waals surface area contributed by atoms with Crippen molar-refractivity contribution in [1.29, 1.82) is 0 Å². The molecular formula is C6H7BrFN. The van der Waals surface area contributed by atoms with Gasteiger partial charge in [0.1, 0.15) is 0 Å². The van der Waals surface area contributed by atoms with Crippen LogP contribution in [0.5, 0.6) is 0 Å². The maximum atomic E-state index is 13.0. The lowest BCUT2D eigenvalue weighted by Gasteiger charge is -2.20. The molecule has 1 N–H and O–H groups in total. The first kappa shape index (κ1) is 6.81. The zero-order valence-electron chi connectivity index (χ0n) is 4.77. The van der Waals surface area contributed by atoms with Crippen molar-refractivity contribution in [1.82, 2.24) is 5.32 Å². The Bertz CT molecular complexity index is 155. The molecule has 0 bridgehead atoms. The molecule has 0 aromatic rings. The van der Waals surface area contributed by atoms with Crippen LogP contribution in [0.2, 0.25) is 0 Å². The zero-order valence-corrected chi connectivity index (χ0v) is 6.36. The van der Waals surface area contributed by atoms with Crippen molar-refractivity contribution in [2.24, 2.45) is 0 Å². The number of halogens is 2. The second kappa shape index (κ2) is 2.52. The highest BCUT2D eigenvalue weighted by Crippen LogP contribution is 2.14. The summed E-state index contributed by atoms with van der Waals surface area (Å²) in [6.45, 7) is 0. The van der Waals surface area contributed by atoms with Crippen LogP contribution in [0.25, 0.3) is 0 Å². The first-order valence-electron chi connectivity index (χ1n) is 2.64. The van der Waals surface area contributed by atoms with Gasteiger partial charge in [-0.2, -0.15) is 0 Å². The topological polar surface area (TPSA) is 12.0 Å². The molecule has 1 heterocycles. The van der Waals surface area contributed by atoms with Gasteiger partial charge in [0.25, 0.3) is 0 Å². The fourth-order valence-corrected chi connectivity index (χ4v) is 0.930. The molecule has 0 fully saturated rings. The Hall–Kier alpha value is -0.310. The van der Waals surface area contributed by atoms with E-state index in [2.05, 4.69) is 21.2 Å². The highest BCUT2D eigenvalue weighted by Gasteiger charge is 2.23. The van der Waals surface area contributed by atoms with E-state index in [0.717, 1.165) is 0 Å². The second-order valence-electron chi connectivity index (χ2n) is 1.86. The molecule has 0 aromatic heterocycles. The molecule has 0 saturated heterocycles. The predicted octanol–water partition coefficient (Wildman–Crippen LogP) is 1.72. The molecule has 0 radical (unpaired) electrons. The van der Waals surface area contributed by atoms with Crippen molar-refractivity contribution >= 4 is 15.9 Å². The lowest BCUT2D eigenvalue weighted by molar-refractivity contribution is 0.232. The highest BCUT2D eigenvalue weighted by molar-refractivity contribution is 9.09. The van der Waals surface area contributed by atoms with Gasteiger partial charge in [0.05, 0.1) is 5.33 Å². The minimum atomic E-state index is -1.38. The van der Waals surface area contributed by atoms with Crippen molar-refractivity contribution in [2.45, 2.75) is 5.79 Å². The van der Waals surface area contributed by atoms with E-state index in [0.29, 0.717) is 0 Å². The fourth-order valence-electron chi connectivity index (χ4n) is 0.582. The summed E-state index contributed by atoms with van der Waals surface area (Å²) in [4.78, 5) is 0. The van der Waals surface area contributed by atoms with Crippen LogP contribution in [0.4, 0.5) is 4.39 Å². The lowest BCUT2D eigenvalue weighted by atomic mass is 10.2. The SMILES string of the molecule is FC1(CBr)C=CC=CN1. The minimum absolute atomic E-state index is 0.279. The first-order chi connectivity index (χ1) is 4.27. The fraction of sp³-hybridized carbons (Fsp3) is 0.333. The highest BCUT2D eigenvalue weighted by atomic mass is 79.9. The lowest BCUT2D eigenvalue weighted by Crippen LogP contribution is -2.38. The molecule has 50 valence electrons. The van der Waals surface area contributed by atoms with Gasteiger partial charge >= 0.3 is 0 Å². The standard InChI is InChI=1S/C6H7BrFN/c7-5-6(8)3-1-2-4-9-6/h1-4,9H,5H2. The minimum Gasteiger partial charge on any atom is -0.356 e. The van der Waals surface area contributed by atoms with Gasteiger partial charge in [-0.15, -0.1) is 0 Å². The third-order valence-electron chi connectivity index (χ3n) is 1.09. The summed E-state index contributed by atoms with van der Waals surface area (Å²) in [5.74, 6) is -1.38. The molecule has 1 nitrogen and oxygen atoms in total. The molecule has 9 heavy (non-hydrogen) atoms. The molecule has 1 atom stereocenters. The maximum absolute atomic E-state index is 13.0. The second-order valence-corrected chi connectivity index (χ2v) is 2.42. The Balaban J connectivity index is 2.63. The Labute approximate surface area is 61.8 Å². The number of hydrogen-bond donors (Lipinski definition) is 1. The number of allylic oxidation sites excluding steroid dienone is 2. The molecule has 0 spiro atoms. The summed E-state index contributed by atoms with van der Waals surface area (Å²) in [5, 5.41) is 2.84. The van der Waals surface area contributed by atoms with E-state index >= 15 is 0 Å². The summed E-state index contributed by atoms with van der Waals surface area (Å²) >= 11 is 3.04. The van der Waals surface area contributed by atoms with Gasteiger partial charge < -0.3 is 5.32 Å². The molecule has 0 amide bonds. The van der Waals surface area contributed by atoms with E-state index in [1.54, 1.807) is 18.4 Å². The van der Waals surface area contributed by atoms with Gasteiger partial charge in [0, 0.05) is 0 Å². The number of dihydropyridines is 1. The third-order valence-corrected chi connectivity index (χ3v) is 1.90. The average molecular weight is 192 g/mol. The number of hydrogen-bond acceptors (Lipinski definition) is 1. The summed E-state index contributed by atoms with van der Waals surface area (Å²) in [7, 11) is 0. The van der Waals surface area contributed by atoms with Crippen molar-refractivity contribution in [3.8, 4) is 0 Å². The third kappa shape index (κ3) is 1.55. The normalized spacial score (nSPS) is 32.2. The van der Waals surface area contributed by atoms with Crippen LogP contribution >= 0.6 is 15.9 Å². The van der Waals surface area contributed by atoms with Gasteiger partial charge in [-0.25, -0.2) is 4.39 Å². The number of alkyl halides is 2. The van der Waals surface area contributed by atoms with Crippen LogP contribution in [-0.2, 0) is 0 Å². The Morgan fingerprint density at radius 1 is 1.56 bits per heavy atom. The van der Waals surface area contributed by atoms with Crippen molar-refractivity contribution in [3.63, 3.8) is 0 Å². The van der Waals surface area contributed by atoms with Crippen LogP contribution in [0.15, 0.2) is 24.4 Å². The summed E-state index contributed by atoms with van der Waals surface area (Å²) in [6, 6.07) is 0. The number of rotatable bonds is 1. The van der Waals surface area contributed by atoms with Gasteiger partial charge in [-0.3, -0.25) is 0 Å². The molecule has 1 aliphatic rings. The van der Waals surface area contributed by atoms with Gasteiger partial charge in [0.15, 0.2) is 0 Å². The zero-order chi connectivity index (χ0) is 6.74. The van der Waals surface area contributed by atoms with Crippen LogP contribution in [0.3, 0.4) is 0 Å². The van der Waals surface area contributed by atoms with E-state index in [9.17, 15) is 4.39 Å². The van der Waals surface area contributed by atoms with E-state index in [4.69, 9.17) is 0 Å². The van der Waals surface area contributed by atoms with Crippen molar-refractivity contribution in [3.05, 3.63) is 24.4 Å². The number of nitrogens with one attached hydrogen (secondary N) is 1. The molecule has 0 saturated carbocycles.